The zero-order chi connectivity index (χ0) is 14.1. The minimum absolute atomic E-state index is 0.225. The fourth-order valence-electron chi connectivity index (χ4n) is 1.44. The van der Waals surface area contributed by atoms with Gasteiger partial charge in [-0.2, -0.15) is 0 Å². The van der Waals surface area contributed by atoms with Crippen LogP contribution in [-0.2, 0) is 16.1 Å². The molecule has 19 heavy (non-hydrogen) atoms. The summed E-state index contributed by atoms with van der Waals surface area (Å²) in [6.07, 6.45) is 0.332. The van der Waals surface area contributed by atoms with Crippen molar-refractivity contribution in [3.8, 4) is 0 Å². The Balaban J connectivity index is 2.47. The number of thiophene rings is 1. The normalized spacial score (nSPS) is 11.2. The largest absolute Gasteiger partial charge is 0.469 e. The molecule has 0 radical (unpaired) electrons. The van der Waals surface area contributed by atoms with Crippen LogP contribution >= 0.6 is 11.3 Å². The minimum atomic E-state index is -0.225. The van der Waals surface area contributed by atoms with Gasteiger partial charge in [0, 0.05) is 18.0 Å². The van der Waals surface area contributed by atoms with Crippen molar-refractivity contribution in [1.82, 2.24) is 10.6 Å². The maximum Gasteiger partial charge on any atom is 0.307 e. The maximum absolute atomic E-state index is 11.0. The van der Waals surface area contributed by atoms with Crippen molar-refractivity contribution < 1.29 is 9.53 Å². The summed E-state index contributed by atoms with van der Waals surface area (Å²) in [5.41, 5.74) is 1.26. The number of ether oxygens (including phenoxy) is 1. The number of rotatable bonds is 6. The van der Waals surface area contributed by atoms with Gasteiger partial charge in [-0.25, -0.2) is 4.99 Å². The van der Waals surface area contributed by atoms with Gasteiger partial charge in [0.05, 0.1) is 20.1 Å². The van der Waals surface area contributed by atoms with Crippen molar-refractivity contribution >= 4 is 23.3 Å². The molecule has 2 N–H and O–H groups in total. The van der Waals surface area contributed by atoms with Gasteiger partial charge in [0.25, 0.3) is 0 Å². The number of nitrogens with one attached hydrogen (secondary N) is 2. The number of aryl methyl sites for hydroxylation is 1. The number of hydrogen-bond donors (Lipinski definition) is 2. The van der Waals surface area contributed by atoms with Crippen LogP contribution < -0.4 is 10.6 Å². The monoisotopic (exact) mass is 283 g/mol. The molecule has 1 aromatic rings. The summed E-state index contributed by atoms with van der Waals surface area (Å²) in [5, 5.41) is 8.33. The zero-order valence-corrected chi connectivity index (χ0v) is 12.5. The summed E-state index contributed by atoms with van der Waals surface area (Å²) in [4.78, 5) is 16.8. The molecular weight excluding hydrogens is 262 g/mol. The molecule has 1 rings (SSSR count). The SMILES string of the molecule is CCNC(=NCc1sccc1C)NCCC(=O)OC. The van der Waals surface area contributed by atoms with Gasteiger partial charge in [-0.3, -0.25) is 4.79 Å². The lowest BCUT2D eigenvalue weighted by Crippen LogP contribution is -2.38. The quantitative estimate of drug-likeness (QED) is 0.474. The number of guanidine groups is 1. The van der Waals surface area contributed by atoms with Crippen molar-refractivity contribution in [2.45, 2.75) is 26.8 Å². The summed E-state index contributed by atoms with van der Waals surface area (Å²) in [6.45, 7) is 6.04. The van der Waals surface area contributed by atoms with Crippen LogP contribution in [0.2, 0.25) is 0 Å². The van der Waals surface area contributed by atoms with Gasteiger partial charge in [-0.05, 0) is 30.9 Å². The van der Waals surface area contributed by atoms with Crippen LogP contribution in [0.1, 0.15) is 23.8 Å². The number of nitrogens with zero attached hydrogens (tertiary/aromatic N) is 1. The highest BCUT2D eigenvalue weighted by Crippen LogP contribution is 2.16. The second-order valence-corrected chi connectivity index (χ2v) is 4.98. The lowest BCUT2D eigenvalue weighted by Gasteiger charge is -2.10. The Morgan fingerprint density at radius 3 is 2.84 bits per heavy atom. The summed E-state index contributed by atoms with van der Waals surface area (Å²) >= 11 is 1.71. The van der Waals surface area contributed by atoms with Gasteiger partial charge in [-0.15, -0.1) is 11.3 Å². The first-order chi connectivity index (χ1) is 9.17. The molecule has 0 atom stereocenters. The van der Waals surface area contributed by atoms with Gasteiger partial charge < -0.3 is 15.4 Å². The Kier molecular flexibility index (Phi) is 6.95. The topological polar surface area (TPSA) is 62.7 Å². The Hall–Kier alpha value is -1.56. The van der Waals surface area contributed by atoms with E-state index in [1.165, 1.54) is 17.6 Å². The molecule has 106 valence electrons. The van der Waals surface area contributed by atoms with E-state index in [0.717, 1.165) is 12.5 Å². The maximum atomic E-state index is 11.0. The Bertz CT molecular complexity index is 429. The van der Waals surface area contributed by atoms with Crippen molar-refractivity contribution in [2.75, 3.05) is 20.2 Å². The third-order valence-corrected chi connectivity index (χ3v) is 3.55. The molecule has 1 heterocycles. The fraction of sp³-hybridized carbons (Fsp3) is 0.538. The average Bonchev–Trinajstić information content (AvgIpc) is 2.81. The molecular formula is C13H21N3O2S. The Labute approximate surface area is 118 Å². The van der Waals surface area contributed by atoms with Crippen LogP contribution in [0.3, 0.4) is 0 Å². The van der Waals surface area contributed by atoms with Crippen molar-refractivity contribution in [2.24, 2.45) is 4.99 Å². The lowest BCUT2D eigenvalue weighted by atomic mass is 10.3. The molecule has 0 saturated carbocycles. The van der Waals surface area contributed by atoms with E-state index in [0.29, 0.717) is 19.5 Å². The highest BCUT2D eigenvalue weighted by Gasteiger charge is 2.03. The van der Waals surface area contributed by atoms with E-state index >= 15 is 0 Å². The minimum Gasteiger partial charge on any atom is -0.469 e. The third kappa shape index (κ3) is 5.74. The molecule has 0 fully saturated rings. The Morgan fingerprint density at radius 1 is 1.47 bits per heavy atom. The van der Waals surface area contributed by atoms with E-state index in [2.05, 4.69) is 38.7 Å². The first-order valence-corrected chi connectivity index (χ1v) is 7.17. The zero-order valence-electron chi connectivity index (χ0n) is 11.7. The first-order valence-electron chi connectivity index (χ1n) is 6.29. The molecule has 0 bridgehead atoms. The molecule has 0 spiro atoms. The van der Waals surface area contributed by atoms with Crippen LogP contribution in [0, 0.1) is 6.92 Å². The number of carbonyl (C=O) groups excluding carboxylic acids is 1. The molecule has 1 aromatic heterocycles. The molecule has 0 aliphatic heterocycles. The first kappa shape index (κ1) is 15.5. The lowest BCUT2D eigenvalue weighted by molar-refractivity contribution is -0.140. The van der Waals surface area contributed by atoms with Crippen molar-refractivity contribution in [3.63, 3.8) is 0 Å². The number of aliphatic imine (C=N–C) groups is 1. The van der Waals surface area contributed by atoms with E-state index in [1.807, 2.05) is 6.92 Å². The van der Waals surface area contributed by atoms with E-state index in [1.54, 1.807) is 11.3 Å². The second-order valence-electron chi connectivity index (χ2n) is 3.97. The highest BCUT2D eigenvalue weighted by atomic mass is 32.1. The summed E-state index contributed by atoms with van der Waals surface area (Å²) < 4.78 is 4.59. The van der Waals surface area contributed by atoms with E-state index < -0.39 is 0 Å². The molecule has 5 nitrogen and oxygen atoms in total. The van der Waals surface area contributed by atoms with Gasteiger partial charge in [0.1, 0.15) is 0 Å². The molecule has 6 heteroatoms. The summed E-state index contributed by atoms with van der Waals surface area (Å²) in [5.74, 6) is 0.497. The molecule has 0 unspecified atom stereocenters. The van der Waals surface area contributed by atoms with Crippen molar-refractivity contribution in [3.05, 3.63) is 21.9 Å². The summed E-state index contributed by atoms with van der Waals surface area (Å²) in [6, 6.07) is 2.09. The third-order valence-electron chi connectivity index (χ3n) is 2.54. The average molecular weight is 283 g/mol. The smallest absolute Gasteiger partial charge is 0.307 e. The van der Waals surface area contributed by atoms with E-state index in [9.17, 15) is 4.79 Å². The molecule has 0 saturated heterocycles. The van der Waals surface area contributed by atoms with E-state index in [-0.39, 0.29) is 5.97 Å². The second kappa shape index (κ2) is 8.53. The number of carbonyl (C=O) groups is 1. The molecule has 0 aromatic carbocycles. The van der Waals surface area contributed by atoms with Crippen LogP contribution in [0.5, 0.6) is 0 Å². The molecule has 0 aliphatic rings. The van der Waals surface area contributed by atoms with Crippen LogP contribution in [-0.4, -0.2) is 32.1 Å². The van der Waals surface area contributed by atoms with Gasteiger partial charge >= 0.3 is 5.97 Å². The number of methoxy groups -OCH3 is 1. The van der Waals surface area contributed by atoms with E-state index in [4.69, 9.17) is 0 Å². The van der Waals surface area contributed by atoms with Gasteiger partial charge in [0.15, 0.2) is 5.96 Å². The van der Waals surface area contributed by atoms with Gasteiger partial charge in [0.2, 0.25) is 0 Å². The predicted molar refractivity (Wildman–Crippen MR) is 78.5 cm³/mol. The Morgan fingerprint density at radius 2 is 2.26 bits per heavy atom. The van der Waals surface area contributed by atoms with Gasteiger partial charge in [-0.1, -0.05) is 0 Å². The number of esters is 1. The molecule has 0 aliphatic carbocycles. The highest BCUT2D eigenvalue weighted by molar-refractivity contribution is 7.10. The molecule has 0 amide bonds. The standard InChI is InChI=1S/C13H21N3O2S/c1-4-14-13(15-7-5-12(17)18-3)16-9-11-10(2)6-8-19-11/h6,8H,4-5,7,9H2,1-3H3,(H2,14,15,16). The summed E-state index contributed by atoms with van der Waals surface area (Å²) in [7, 11) is 1.39. The fourth-order valence-corrected chi connectivity index (χ4v) is 2.27. The number of hydrogen-bond acceptors (Lipinski definition) is 4. The van der Waals surface area contributed by atoms with Crippen LogP contribution in [0.25, 0.3) is 0 Å². The van der Waals surface area contributed by atoms with Crippen LogP contribution in [0.15, 0.2) is 16.4 Å². The van der Waals surface area contributed by atoms with Crippen LogP contribution in [0.4, 0.5) is 0 Å². The van der Waals surface area contributed by atoms with Crippen molar-refractivity contribution in [1.29, 1.82) is 0 Å². The predicted octanol–water partition coefficient (Wildman–Crippen LogP) is 1.67.